The van der Waals surface area contributed by atoms with Crippen LogP contribution in [0.15, 0.2) is 59.5 Å². The van der Waals surface area contributed by atoms with E-state index in [1.54, 1.807) is 30.3 Å². The molecule has 1 aliphatic rings. The molecule has 0 spiro atoms. The van der Waals surface area contributed by atoms with Crippen LogP contribution < -0.4 is 4.72 Å². The topological polar surface area (TPSA) is 151 Å². The molecule has 0 aromatic heterocycles. The average molecular weight is 507 g/mol. The number of unbranched alkanes of at least 4 members (excludes halogenated alkanes) is 1. The number of hydrogen-bond acceptors (Lipinski definition) is 9. The number of rotatable bonds is 12. The highest BCUT2D eigenvalue weighted by molar-refractivity contribution is 7.89. The largest absolute Gasteiger partial charge is 0.509 e. The second-order valence-electron chi connectivity index (χ2n) is 7.93. The lowest BCUT2D eigenvalue weighted by atomic mass is 9.96. The third kappa shape index (κ3) is 6.99. The number of hydrogen-bond donors (Lipinski definition) is 1. The highest BCUT2D eigenvalue weighted by Crippen LogP contribution is 2.31. The first-order valence-corrected chi connectivity index (χ1v) is 12.4. The third-order valence-corrected chi connectivity index (χ3v) is 7.09. The van der Waals surface area contributed by atoms with Crippen molar-refractivity contribution in [3.05, 3.63) is 70.3 Å². The molecule has 0 radical (unpaired) electrons. The fourth-order valence-corrected chi connectivity index (χ4v) is 5.25. The molecular weight excluding hydrogens is 480 g/mol. The molecular formula is C23H26N2O9S. The fourth-order valence-electron chi connectivity index (χ4n) is 3.84. The van der Waals surface area contributed by atoms with Crippen LogP contribution in [0.4, 0.5) is 10.5 Å². The molecule has 1 heterocycles. The van der Waals surface area contributed by atoms with Crippen molar-refractivity contribution in [3.63, 3.8) is 0 Å². The van der Waals surface area contributed by atoms with Gasteiger partial charge in [-0.1, -0.05) is 42.5 Å². The number of nitro groups is 1. The van der Waals surface area contributed by atoms with Gasteiger partial charge in [0.05, 0.1) is 18.1 Å². The van der Waals surface area contributed by atoms with Crippen LogP contribution in [0.25, 0.3) is 0 Å². The fraction of sp³-hybridized carbons (Fsp3) is 0.391. The van der Waals surface area contributed by atoms with Crippen LogP contribution in [0.2, 0.25) is 0 Å². The molecule has 3 atom stereocenters. The number of carbonyl (C=O) groups excluding carboxylic acids is 2. The Morgan fingerprint density at radius 3 is 2.43 bits per heavy atom. The number of ether oxygens (including phenoxy) is 3. The number of para-hydroxylation sites is 1. The SMILES string of the molecule is COC(=O)CCCC[C@H]1OC(=O)O[C@@H]1C[C@@H](NS(=O)(=O)c1ccccc1[N+](=O)[O-])c1ccccc1. The number of benzene rings is 2. The van der Waals surface area contributed by atoms with Crippen LogP contribution in [0.5, 0.6) is 0 Å². The average Bonchev–Trinajstić information content (AvgIpc) is 3.20. The molecule has 1 aliphatic heterocycles. The van der Waals surface area contributed by atoms with E-state index in [9.17, 15) is 28.1 Å². The molecule has 3 rings (SSSR count). The van der Waals surface area contributed by atoms with E-state index in [1.165, 1.54) is 19.2 Å². The van der Waals surface area contributed by atoms with Gasteiger partial charge in [-0.3, -0.25) is 14.9 Å². The molecule has 188 valence electrons. The summed E-state index contributed by atoms with van der Waals surface area (Å²) in [6.07, 6.45) is -0.499. The van der Waals surface area contributed by atoms with E-state index in [0.29, 0.717) is 24.8 Å². The van der Waals surface area contributed by atoms with E-state index in [-0.39, 0.29) is 18.8 Å². The van der Waals surface area contributed by atoms with Crippen molar-refractivity contribution in [1.29, 1.82) is 0 Å². The van der Waals surface area contributed by atoms with Crippen LogP contribution in [-0.4, -0.2) is 44.8 Å². The summed E-state index contributed by atoms with van der Waals surface area (Å²) in [5.41, 5.74) is 0.0352. The zero-order chi connectivity index (χ0) is 25.4. The summed E-state index contributed by atoms with van der Waals surface area (Å²) >= 11 is 0. The van der Waals surface area contributed by atoms with Gasteiger partial charge in [0, 0.05) is 18.9 Å². The van der Waals surface area contributed by atoms with Gasteiger partial charge in [0.25, 0.3) is 5.69 Å². The zero-order valence-electron chi connectivity index (χ0n) is 19.0. The van der Waals surface area contributed by atoms with E-state index in [0.717, 1.165) is 12.1 Å². The van der Waals surface area contributed by atoms with Crippen LogP contribution in [0.3, 0.4) is 0 Å². The monoisotopic (exact) mass is 506 g/mol. The standard InChI is InChI=1S/C23H26N2O9S/c1-32-22(26)14-8-6-12-19-20(34-23(27)33-19)15-17(16-9-3-2-4-10-16)24-35(30,31)21-13-7-5-11-18(21)25(28)29/h2-5,7,9-11,13,17,19-20,24H,6,8,12,14-15H2,1H3/t17-,19-,20-/m1/s1. The Balaban J connectivity index is 1.80. The van der Waals surface area contributed by atoms with Gasteiger partial charge >= 0.3 is 12.1 Å². The molecule has 35 heavy (non-hydrogen) atoms. The van der Waals surface area contributed by atoms with Gasteiger partial charge in [-0.2, -0.15) is 0 Å². The third-order valence-electron chi connectivity index (χ3n) is 5.58. The molecule has 0 amide bonds. The number of cyclic esters (lactones) is 2. The number of methoxy groups -OCH3 is 1. The first-order valence-electron chi connectivity index (χ1n) is 11.0. The molecule has 1 N–H and O–H groups in total. The lowest BCUT2D eigenvalue weighted by molar-refractivity contribution is -0.387. The predicted molar refractivity (Wildman–Crippen MR) is 123 cm³/mol. The zero-order valence-corrected chi connectivity index (χ0v) is 19.8. The summed E-state index contributed by atoms with van der Waals surface area (Å²) in [4.78, 5) is 33.3. The molecule has 0 bridgehead atoms. The summed E-state index contributed by atoms with van der Waals surface area (Å²) in [5, 5.41) is 11.4. The highest BCUT2D eigenvalue weighted by Gasteiger charge is 2.39. The molecule has 1 fully saturated rings. The summed E-state index contributed by atoms with van der Waals surface area (Å²) in [6.45, 7) is 0. The van der Waals surface area contributed by atoms with E-state index in [1.807, 2.05) is 0 Å². The van der Waals surface area contributed by atoms with Crippen molar-refractivity contribution in [2.45, 2.75) is 55.2 Å². The molecule has 2 aromatic carbocycles. The minimum atomic E-state index is -4.31. The second-order valence-corrected chi connectivity index (χ2v) is 9.61. The van der Waals surface area contributed by atoms with Gasteiger partial charge in [0.1, 0.15) is 12.2 Å². The smallest absolute Gasteiger partial charge is 0.469 e. The van der Waals surface area contributed by atoms with E-state index in [2.05, 4.69) is 9.46 Å². The maximum Gasteiger partial charge on any atom is 0.509 e. The van der Waals surface area contributed by atoms with Crippen LogP contribution >= 0.6 is 0 Å². The highest BCUT2D eigenvalue weighted by atomic mass is 32.2. The first-order chi connectivity index (χ1) is 16.7. The first kappa shape index (κ1) is 26.1. The summed E-state index contributed by atoms with van der Waals surface area (Å²) in [7, 11) is -3.01. The van der Waals surface area contributed by atoms with Crippen molar-refractivity contribution >= 4 is 27.8 Å². The van der Waals surface area contributed by atoms with Gasteiger partial charge in [-0.25, -0.2) is 17.9 Å². The van der Waals surface area contributed by atoms with Crippen LogP contribution in [-0.2, 0) is 29.0 Å². The summed E-state index contributed by atoms with van der Waals surface area (Å²) in [5.74, 6) is -0.338. The Morgan fingerprint density at radius 2 is 1.74 bits per heavy atom. The Bertz CT molecular complexity index is 1150. The second kappa shape index (κ2) is 11.8. The van der Waals surface area contributed by atoms with Crippen LogP contribution in [0.1, 0.15) is 43.7 Å². The summed E-state index contributed by atoms with van der Waals surface area (Å²) in [6, 6.07) is 12.8. The van der Waals surface area contributed by atoms with E-state index < -0.39 is 49.9 Å². The van der Waals surface area contributed by atoms with E-state index in [4.69, 9.17) is 9.47 Å². The molecule has 2 aromatic rings. The van der Waals surface area contributed by atoms with Crippen molar-refractivity contribution < 1.29 is 37.1 Å². The lowest BCUT2D eigenvalue weighted by Crippen LogP contribution is -2.34. The predicted octanol–water partition coefficient (Wildman–Crippen LogP) is 3.64. The van der Waals surface area contributed by atoms with Crippen molar-refractivity contribution in [2.24, 2.45) is 0 Å². The number of esters is 1. The minimum absolute atomic E-state index is 0.0390. The van der Waals surface area contributed by atoms with E-state index >= 15 is 0 Å². The van der Waals surface area contributed by atoms with Crippen molar-refractivity contribution in [3.8, 4) is 0 Å². The summed E-state index contributed by atoms with van der Waals surface area (Å²) < 4.78 is 44.1. The minimum Gasteiger partial charge on any atom is -0.469 e. The number of nitrogens with zero attached hydrogens (tertiary/aromatic N) is 1. The van der Waals surface area contributed by atoms with Crippen molar-refractivity contribution in [2.75, 3.05) is 7.11 Å². The Hall–Kier alpha value is -3.51. The number of nitro benzene ring substituents is 1. The van der Waals surface area contributed by atoms with Crippen molar-refractivity contribution in [1.82, 2.24) is 4.72 Å². The lowest BCUT2D eigenvalue weighted by Gasteiger charge is -2.23. The maximum absolute atomic E-state index is 13.2. The van der Waals surface area contributed by atoms with Gasteiger partial charge in [-0.15, -0.1) is 0 Å². The number of nitrogens with one attached hydrogen (secondary N) is 1. The molecule has 1 saturated heterocycles. The molecule has 12 heteroatoms. The molecule has 0 aliphatic carbocycles. The Kier molecular flexibility index (Phi) is 8.77. The quantitative estimate of drug-likeness (QED) is 0.197. The molecule has 11 nitrogen and oxygen atoms in total. The van der Waals surface area contributed by atoms with Gasteiger partial charge < -0.3 is 14.2 Å². The Labute approximate surface area is 202 Å². The molecule has 0 saturated carbocycles. The van der Waals surface area contributed by atoms with Crippen LogP contribution in [0, 0.1) is 10.1 Å². The Morgan fingerprint density at radius 1 is 1.09 bits per heavy atom. The number of carbonyl (C=O) groups is 2. The number of sulfonamides is 1. The van der Waals surface area contributed by atoms with Gasteiger partial charge in [-0.05, 0) is 30.9 Å². The van der Waals surface area contributed by atoms with Gasteiger partial charge in [0.2, 0.25) is 10.0 Å². The maximum atomic E-state index is 13.2. The normalized spacial score (nSPS) is 18.4. The molecule has 0 unspecified atom stereocenters. The van der Waals surface area contributed by atoms with Gasteiger partial charge in [0.15, 0.2) is 4.90 Å².